The zero-order valence-corrected chi connectivity index (χ0v) is 18.3. The second kappa shape index (κ2) is 9.73. The summed E-state index contributed by atoms with van der Waals surface area (Å²) >= 11 is 1.06. The highest BCUT2D eigenvalue weighted by atomic mass is 32.1. The van der Waals surface area contributed by atoms with Crippen LogP contribution in [0.4, 0.5) is 26.6 Å². The van der Waals surface area contributed by atoms with Crippen LogP contribution in [0.3, 0.4) is 0 Å². The largest absolute Gasteiger partial charge is 0.468 e. The Kier molecular flexibility index (Phi) is 6.59. The fourth-order valence-electron chi connectivity index (χ4n) is 3.34. The Bertz CT molecular complexity index is 1090. The Morgan fingerprint density at radius 1 is 1.25 bits per heavy atom. The van der Waals surface area contributed by atoms with Crippen LogP contribution in [0.5, 0.6) is 5.88 Å². The van der Waals surface area contributed by atoms with Crippen molar-refractivity contribution in [2.24, 2.45) is 0 Å². The quantitative estimate of drug-likeness (QED) is 0.578. The summed E-state index contributed by atoms with van der Waals surface area (Å²) in [7, 11) is 0. The van der Waals surface area contributed by atoms with Crippen LogP contribution in [-0.4, -0.2) is 55.8 Å². The molecule has 168 valence electrons. The standard InChI is InChI=1S/C20H23FN8O2S/c1-2-13-11-14(3-4-16(13)21)25-20(30)29-9-7-28(8-10-29)17-18(27-32-26-17)31-12-15-5-6-23-19(22)24-15/h3-6,11H,2,7-10,12H2,1H3,(H,25,30)(H2,22,23,24). The van der Waals surface area contributed by atoms with Gasteiger partial charge < -0.3 is 25.6 Å². The predicted octanol–water partition coefficient (Wildman–Crippen LogP) is 2.54. The van der Waals surface area contributed by atoms with Gasteiger partial charge in [0.2, 0.25) is 11.8 Å². The van der Waals surface area contributed by atoms with Crippen molar-refractivity contribution in [1.82, 2.24) is 23.6 Å². The molecular weight excluding hydrogens is 435 g/mol. The maximum atomic E-state index is 13.7. The number of ether oxygens (including phenoxy) is 1. The third kappa shape index (κ3) is 5.02. The second-order valence-electron chi connectivity index (χ2n) is 7.15. The molecule has 1 aromatic carbocycles. The van der Waals surface area contributed by atoms with Crippen LogP contribution in [0.25, 0.3) is 0 Å². The number of rotatable bonds is 6. The van der Waals surface area contributed by atoms with Crippen molar-refractivity contribution in [2.45, 2.75) is 20.0 Å². The first-order valence-corrected chi connectivity index (χ1v) is 10.9. The maximum absolute atomic E-state index is 13.7. The van der Waals surface area contributed by atoms with Crippen LogP contribution >= 0.6 is 11.7 Å². The monoisotopic (exact) mass is 458 g/mol. The van der Waals surface area contributed by atoms with Crippen molar-refractivity contribution in [2.75, 3.05) is 42.1 Å². The third-order valence-electron chi connectivity index (χ3n) is 5.08. The lowest BCUT2D eigenvalue weighted by atomic mass is 10.1. The van der Waals surface area contributed by atoms with Crippen molar-refractivity contribution in [3.8, 4) is 5.88 Å². The van der Waals surface area contributed by atoms with Crippen LogP contribution in [0.15, 0.2) is 30.5 Å². The molecule has 3 aromatic rings. The van der Waals surface area contributed by atoms with Crippen LogP contribution < -0.4 is 20.7 Å². The highest BCUT2D eigenvalue weighted by Crippen LogP contribution is 2.27. The first-order chi connectivity index (χ1) is 15.5. The average Bonchev–Trinajstić information content (AvgIpc) is 3.28. The summed E-state index contributed by atoms with van der Waals surface area (Å²) in [4.78, 5) is 24.3. The zero-order chi connectivity index (χ0) is 22.5. The molecule has 0 atom stereocenters. The van der Waals surface area contributed by atoms with Gasteiger partial charge in [-0.2, -0.15) is 4.37 Å². The summed E-state index contributed by atoms with van der Waals surface area (Å²) in [6.07, 6.45) is 2.13. The fourth-order valence-corrected chi connectivity index (χ4v) is 3.86. The van der Waals surface area contributed by atoms with Crippen molar-refractivity contribution in [1.29, 1.82) is 0 Å². The molecule has 1 fully saturated rings. The molecule has 0 spiro atoms. The maximum Gasteiger partial charge on any atom is 0.321 e. The number of carbonyl (C=O) groups is 1. The van der Waals surface area contributed by atoms with E-state index in [-0.39, 0.29) is 24.4 Å². The van der Waals surface area contributed by atoms with Gasteiger partial charge in [0.25, 0.3) is 5.88 Å². The highest BCUT2D eigenvalue weighted by molar-refractivity contribution is 6.99. The third-order valence-corrected chi connectivity index (χ3v) is 5.58. The van der Waals surface area contributed by atoms with Gasteiger partial charge in [-0.15, -0.1) is 4.37 Å². The molecule has 2 aromatic heterocycles. The number of benzene rings is 1. The Morgan fingerprint density at radius 2 is 2.06 bits per heavy atom. The number of nitrogens with zero attached hydrogens (tertiary/aromatic N) is 6. The Hall–Kier alpha value is -3.54. The van der Waals surface area contributed by atoms with Crippen molar-refractivity contribution >= 4 is 35.2 Å². The Balaban J connectivity index is 1.32. The number of hydrogen-bond acceptors (Lipinski definition) is 9. The summed E-state index contributed by atoms with van der Waals surface area (Å²) < 4.78 is 28.0. The molecule has 0 saturated carbocycles. The molecule has 2 amide bonds. The molecule has 0 unspecified atom stereocenters. The SMILES string of the molecule is CCc1cc(NC(=O)N2CCN(c3nsnc3OCc3ccnc(N)n3)CC2)ccc1F. The van der Waals surface area contributed by atoms with Crippen LogP contribution in [0.1, 0.15) is 18.2 Å². The molecule has 0 radical (unpaired) electrons. The van der Waals surface area contributed by atoms with E-state index in [0.29, 0.717) is 61.2 Å². The van der Waals surface area contributed by atoms with Gasteiger partial charge in [0, 0.05) is 38.1 Å². The Morgan fingerprint density at radius 3 is 2.81 bits per heavy atom. The Labute approximate surface area is 188 Å². The average molecular weight is 459 g/mol. The number of aryl methyl sites for hydroxylation is 1. The lowest BCUT2D eigenvalue weighted by molar-refractivity contribution is 0.208. The van der Waals surface area contributed by atoms with Gasteiger partial charge in [-0.25, -0.2) is 19.2 Å². The number of halogens is 1. The molecule has 10 nitrogen and oxygen atoms in total. The van der Waals surface area contributed by atoms with Gasteiger partial charge in [-0.1, -0.05) is 6.92 Å². The number of aromatic nitrogens is 4. The van der Waals surface area contributed by atoms with Crippen LogP contribution in [-0.2, 0) is 13.0 Å². The molecule has 3 N–H and O–H groups in total. The minimum Gasteiger partial charge on any atom is -0.468 e. The molecule has 0 bridgehead atoms. The minimum atomic E-state index is -0.266. The fraction of sp³-hybridized carbons (Fsp3) is 0.350. The van der Waals surface area contributed by atoms with Gasteiger partial charge >= 0.3 is 6.03 Å². The van der Waals surface area contributed by atoms with E-state index < -0.39 is 0 Å². The van der Waals surface area contributed by atoms with E-state index >= 15 is 0 Å². The molecule has 4 rings (SSSR count). The summed E-state index contributed by atoms with van der Waals surface area (Å²) in [5.41, 5.74) is 7.39. The van der Waals surface area contributed by atoms with E-state index in [9.17, 15) is 9.18 Å². The molecule has 1 aliphatic heterocycles. The van der Waals surface area contributed by atoms with E-state index in [0.717, 1.165) is 11.7 Å². The van der Waals surface area contributed by atoms with Crippen molar-refractivity contribution < 1.29 is 13.9 Å². The number of hydrogen-bond donors (Lipinski definition) is 2. The number of nitrogens with two attached hydrogens (primary N) is 1. The van der Waals surface area contributed by atoms with E-state index in [1.807, 2.05) is 11.8 Å². The summed E-state index contributed by atoms with van der Waals surface area (Å²) in [5.74, 6) is 0.979. The highest BCUT2D eigenvalue weighted by Gasteiger charge is 2.25. The molecular formula is C20H23FN8O2S. The number of nitrogens with one attached hydrogen (secondary N) is 1. The predicted molar refractivity (Wildman–Crippen MR) is 119 cm³/mol. The molecule has 1 saturated heterocycles. The number of carbonyl (C=O) groups excluding carboxylic acids is 1. The topological polar surface area (TPSA) is 122 Å². The van der Waals surface area contributed by atoms with Gasteiger partial charge in [0.15, 0.2) is 0 Å². The first kappa shape index (κ1) is 21.7. The van der Waals surface area contributed by atoms with Crippen molar-refractivity contribution in [3.63, 3.8) is 0 Å². The van der Waals surface area contributed by atoms with Gasteiger partial charge in [0.05, 0.1) is 17.4 Å². The zero-order valence-electron chi connectivity index (χ0n) is 17.5. The van der Waals surface area contributed by atoms with Gasteiger partial charge in [-0.05, 0) is 36.2 Å². The number of amides is 2. The number of piperazine rings is 1. The summed E-state index contributed by atoms with van der Waals surface area (Å²) in [6, 6.07) is 6.11. The lowest BCUT2D eigenvalue weighted by Gasteiger charge is -2.34. The van der Waals surface area contributed by atoms with E-state index in [2.05, 4.69) is 24.0 Å². The van der Waals surface area contributed by atoms with E-state index in [1.54, 1.807) is 29.3 Å². The number of anilines is 3. The first-order valence-electron chi connectivity index (χ1n) is 10.2. The number of nitrogen functional groups attached to an aromatic ring is 1. The number of urea groups is 1. The van der Waals surface area contributed by atoms with Crippen LogP contribution in [0, 0.1) is 5.82 Å². The summed E-state index contributed by atoms with van der Waals surface area (Å²) in [5, 5.41) is 2.85. The van der Waals surface area contributed by atoms with Gasteiger partial charge in [-0.3, -0.25) is 0 Å². The van der Waals surface area contributed by atoms with E-state index in [1.165, 1.54) is 6.07 Å². The summed E-state index contributed by atoms with van der Waals surface area (Å²) in [6.45, 7) is 4.25. The van der Waals surface area contributed by atoms with Gasteiger partial charge in [0.1, 0.15) is 12.4 Å². The molecule has 32 heavy (non-hydrogen) atoms. The van der Waals surface area contributed by atoms with Crippen LogP contribution in [0.2, 0.25) is 0 Å². The molecule has 0 aliphatic carbocycles. The molecule has 3 heterocycles. The normalized spacial score (nSPS) is 13.8. The van der Waals surface area contributed by atoms with E-state index in [4.69, 9.17) is 10.5 Å². The molecule has 12 heteroatoms. The van der Waals surface area contributed by atoms with Crippen molar-refractivity contribution in [3.05, 3.63) is 47.5 Å². The second-order valence-corrected chi connectivity index (χ2v) is 7.68. The molecule has 1 aliphatic rings. The smallest absolute Gasteiger partial charge is 0.321 e. The lowest BCUT2D eigenvalue weighted by Crippen LogP contribution is -2.50. The minimum absolute atomic E-state index is 0.184.